The van der Waals surface area contributed by atoms with Crippen LogP contribution in [0.5, 0.6) is 0 Å². The smallest absolute Gasteiger partial charge is 0.0999 e. The standard InChI is InChI=1S/2C20H25N7O2.C19H23N7O2/c2*1-3-4-14(2)25-10-16(8-22-25)20-19-5-6-21-27(19)11-18(24-20)15-7-23-26(9-15)17(12-28)13-29;1-3-13(2)24-9-15(7-21-24)19-18-4-5-20-26(18)10-17(23-19)14-6-22-25(8-14)16(11-27)12-28/h2*5-11,14,17,28-29H,3-4,12-13H2,1-2H3;4-10,13,16,27-28H,3,11-12H2,1-2H3/t2*14-;13-/m100/s1. The molecule has 86 heavy (non-hydrogen) atoms. The summed E-state index contributed by atoms with van der Waals surface area (Å²) in [5.41, 5.74) is 12.3. The topological polar surface area (TPSA) is 319 Å². The van der Waals surface area contributed by atoms with Gasteiger partial charge in [0.2, 0.25) is 0 Å². The Bertz CT molecular complexity index is 3920. The third kappa shape index (κ3) is 12.8. The predicted octanol–water partition coefficient (Wildman–Crippen LogP) is 6.64. The van der Waals surface area contributed by atoms with Crippen molar-refractivity contribution in [1.82, 2.24) is 102 Å². The van der Waals surface area contributed by atoms with Gasteiger partial charge in [0.05, 0.1) is 183 Å². The van der Waals surface area contributed by atoms with Crippen LogP contribution in [0.4, 0.5) is 0 Å². The van der Waals surface area contributed by atoms with E-state index in [1.807, 2.05) is 88.0 Å². The van der Waals surface area contributed by atoms with Crippen LogP contribution in [0.25, 0.3) is 84.1 Å². The van der Waals surface area contributed by atoms with Gasteiger partial charge in [-0.2, -0.15) is 45.9 Å². The zero-order valence-electron chi connectivity index (χ0n) is 48.9. The molecule has 0 saturated carbocycles. The average molecular weight is 1170 g/mol. The molecule has 0 spiro atoms. The van der Waals surface area contributed by atoms with Crippen LogP contribution in [0.1, 0.15) is 110 Å². The van der Waals surface area contributed by atoms with Crippen molar-refractivity contribution < 1.29 is 30.6 Å². The molecule has 450 valence electrons. The highest BCUT2D eigenvalue weighted by Crippen LogP contribution is 2.32. The van der Waals surface area contributed by atoms with Crippen LogP contribution in [0.15, 0.2) is 130 Å². The second kappa shape index (κ2) is 27.3. The van der Waals surface area contributed by atoms with E-state index in [0.717, 1.165) is 99.1 Å². The van der Waals surface area contributed by atoms with Crippen LogP contribution < -0.4 is 0 Å². The third-order valence-corrected chi connectivity index (χ3v) is 15.2. The molecule has 0 aliphatic carbocycles. The Morgan fingerprint density at radius 2 is 0.605 bits per heavy atom. The van der Waals surface area contributed by atoms with E-state index in [4.69, 9.17) is 15.0 Å². The van der Waals surface area contributed by atoms with Crippen LogP contribution >= 0.6 is 0 Å². The van der Waals surface area contributed by atoms with Crippen LogP contribution in [0, 0.1) is 0 Å². The van der Waals surface area contributed by atoms with Crippen molar-refractivity contribution in [3.05, 3.63) is 130 Å². The van der Waals surface area contributed by atoms with Gasteiger partial charge in [-0.1, -0.05) is 33.6 Å². The molecule has 12 aromatic rings. The first-order valence-electron chi connectivity index (χ1n) is 28.9. The van der Waals surface area contributed by atoms with E-state index in [1.54, 1.807) is 83.4 Å². The molecule has 27 heteroatoms. The number of nitrogens with zero attached hydrogens (tertiary/aromatic N) is 21. The first kappa shape index (κ1) is 60.0. The van der Waals surface area contributed by atoms with Crippen LogP contribution in [-0.4, -0.2) is 173 Å². The van der Waals surface area contributed by atoms with Gasteiger partial charge >= 0.3 is 0 Å². The summed E-state index contributed by atoms with van der Waals surface area (Å²) in [4.78, 5) is 14.6. The minimum Gasteiger partial charge on any atom is -0.394 e. The molecule has 12 heterocycles. The Morgan fingerprint density at radius 1 is 0.337 bits per heavy atom. The quantitative estimate of drug-likeness (QED) is 0.0391. The molecule has 0 aliphatic rings. The normalized spacial score (nSPS) is 12.9. The van der Waals surface area contributed by atoms with Gasteiger partial charge in [0.1, 0.15) is 0 Å². The van der Waals surface area contributed by atoms with Gasteiger partial charge < -0.3 is 30.6 Å². The summed E-state index contributed by atoms with van der Waals surface area (Å²) in [6.07, 6.45) is 37.9. The zero-order valence-corrected chi connectivity index (χ0v) is 48.9. The lowest BCUT2D eigenvalue weighted by Crippen LogP contribution is -2.17. The maximum atomic E-state index is 9.39. The van der Waals surface area contributed by atoms with Gasteiger partial charge in [0.25, 0.3) is 0 Å². The lowest BCUT2D eigenvalue weighted by molar-refractivity contribution is 0.146. The summed E-state index contributed by atoms with van der Waals surface area (Å²) < 4.78 is 15.9. The van der Waals surface area contributed by atoms with Crippen molar-refractivity contribution >= 4 is 16.6 Å². The Morgan fingerprint density at radius 3 is 0.884 bits per heavy atom. The minimum absolute atomic E-state index is 0.191. The Labute approximate surface area is 494 Å². The molecule has 0 bridgehead atoms. The number of rotatable bonds is 23. The lowest BCUT2D eigenvalue weighted by Gasteiger charge is -2.10. The van der Waals surface area contributed by atoms with Gasteiger partial charge in [-0.25, -0.2) is 28.5 Å². The van der Waals surface area contributed by atoms with E-state index in [-0.39, 0.29) is 39.6 Å². The average Bonchev–Trinajstić information content (AvgIpc) is 2.62. The predicted molar refractivity (Wildman–Crippen MR) is 320 cm³/mol. The van der Waals surface area contributed by atoms with Gasteiger partial charge in [0.15, 0.2) is 0 Å². The third-order valence-electron chi connectivity index (χ3n) is 15.2. The van der Waals surface area contributed by atoms with Crippen molar-refractivity contribution in [2.24, 2.45) is 0 Å². The molecule has 6 N–H and O–H groups in total. The number of aromatic nitrogens is 21. The van der Waals surface area contributed by atoms with Gasteiger partial charge in [-0.05, 0) is 58.2 Å². The number of aliphatic hydroxyl groups is 6. The van der Waals surface area contributed by atoms with Crippen molar-refractivity contribution in [3.63, 3.8) is 0 Å². The maximum Gasteiger partial charge on any atom is 0.0999 e. The Balaban J connectivity index is 0.000000143. The minimum atomic E-state index is -0.477. The second-order valence-corrected chi connectivity index (χ2v) is 21.3. The Kier molecular flexibility index (Phi) is 19.0. The van der Waals surface area contributed by atoms with Gasteiger partial charge in [-0.15, -0.1) is 0 Å². The molecule has 0 amide bonds. The largest absolute Gasteiger partial charge is 0.394 e. The summed E-state index contributed by atoms with van der Waals surface area (Å²) in [7, 11) is 0. The van der Waals surface area contributed by atoms with E-state index < -0.39 is 18.1 Å². The number of hydrogen-bond donors (Lipinski definition) is 6. The first-order chi connectivity index (χ1) is 41.9. The van der Waals surface area contributed by atoms with E-state index >= 15 is 0 Å². The molecule has 12 rings (SSSR count). The highest BCUT2D eigenvalue weighted by atomic mass is 16.3. The van der Waals surface area contributed by atoms with Crippen molar-refractivity contribution in [3.8, 4) is 67.5 Å². The number of hydrogen-bond acceptors (Lipinski definition) is 18. The van der Waals surface area contributed by atoms with Crippen molar-refractivity contribution in [2.45, 2.75) is 110 Å². The van der Waals surface area contributed by atoms with Gasteiger partial charge in [-0.3, -0.25) is 28.1 Å². The van der Waals surface area contributed by atoms with E-state index in [9.17, 15) is 30.6 Å². The summed E-state index contributed by atoms with van der Waals surface area (Å²) in [5.74, 6) is 0. The van der Waals surface area contributed by atoms with E-state index in [0.29, 0.717) is 35.2 Å². The van der Waals surface area contributed by atoms with Gasteiger partial charge in [0, 0.05) is 88.7 Å². The molecule has 0 fully saturated rings. The maximum absolute atomic E-state index is 9.39. The molecule has 0 radical (unpaired) electrons. The van der Waals surface area contributed by atoms with Crippen molar-refractivity contribution in [2.75, 3.05) is 39.6 Å². The lowest BCUT2D eigenvalue weighted by atomic mass is 10.2. The summed E-state index contributed by atoms with van der Waals surface area (Å²) in [5, 5.41) is 95.8. The highest BCUT2D eigenvalue weighted by molar-refractivity contribution is 5.80. The summed E-state index contributed by atoms with van der Waals surface area (Å²) >= 11 is 0. The van der Waals surface area contributed by atoms with E-state index in [1.165, 1.54) is 0 Å². The molecule has 3 atom stereocenters. The highest BCUT2D eigenvalue weighted by Gasteiger charge is 2.21. The SMILES string of the molecule is CCC[C@@H](C)n1cc(-c2nc(-c3cnn(C(CO)CO)c3)cn3nccc23)cn1.CCC[C@H](C)n1cc(-c2nc(-c3cnn(C(CO)CO)c3)cn3nccc23)cn1.CC[C@H](C)n1cc(-c2nc(-c3cnn(C(CO)CO)c3)cn3nccc23)cn1. The first-order valence-corrected chi connectivity index (χ1v) is 28.9. The molecule has 12 aromatic heterocycles. The van der Waals surface area contributed by atoms with Crippen LogP contribution in [0.3, 0.4) is 0 Å². The molecule has 0 aromatic carbocycles. The zero-order chi connectivity index (χ0) is 60.4. The fraction of sp³-hybridized carbons (Fsp3) is 0.390. The fourth-order valence-corrected chi connectivity index (χ4v) is 9.91. The molecular weight excluding hydrogens is 1100 g/mol. The fourth-order valence-electron chi connectivity index (χ4n) is 9.91. The summed E-state index contributed by atoms with van der Waals surface area (Å²) in [6, 6.07) is 5.30. The second-order valence-electron chi connectivity index (χ2n) is 21.3. The molecule has 27 nitrogen and oxygen atoms in total. The van der Waals surface area contributed by atoms with Crippen LogP contribution in [0.2, 0.25) is 0 Å². The molecule has 0 unspecified atom stereocenters. The molecule has 0 saturated heterocycles. The number of fused-ring (bicyclic) bond motifs is 3. The molecular formula is C59H73N21O6. The summed E-state index contributed by atoms with van der Waals surface area (Å²) in [6.45, 7) is 11.8. The van der Waals surface area contributed by atoms with E-state index in [2.05, 4.69) is 87.4 Å². The molecule has 0 aliphatic heterocycles. The monoisotopic (exact) mass is 1170 g/mol. The number of aliphatic hydroxyl groups excluding tert-OH is 6. The van der Waals surface area contributed by atoms with Crippen LogP contribution in [-0.2, 0) is 0 Å². The Hall–Kier alpha value is -9.12. The van der Waals surface area contributed by atoms with Crippen molar-refractivity contribution in [1.29, 1.82) is 0 Å².